The Kier molecular flexibility index (Phi) is 2.19. The molecule has 3 heteroatoms. The third-order valence-corrected chi connectivity index (χ3v) is 2.51. The van der Waals surface area contributed by atoms with Crippen LogP contribution in [0.1, 0.15) is 5.76 Å². The number of fused-ring (bicyclic) bond motifs is 1. The van der Waals surface area contributed by atoms with Crippen LogP contribution in [0, 0.1) is 10.5 Å². The molecule has 0 aliphatic heterocycles. The minimum absolute atomic E-state index is 0.801. The molecule has 0 N–H and O–H groups in total. The quantitative estimate of drug-likeness (QED) is 0.751. The zero-order chi connectivity index (χ0) is 9.42. The molecule has 13 heavy (non-hydrogen) atoms. The molecule has 1 heterocycles. The SMILES string of the molecule is COc1cc(I)cc2cc(C)oc12. The number of hydrogen-bond acceptors (Lipinski definition) is 2. The number of methoxy groups -OCH3 is 1. The number of aryl methyl sites for hydroxylation is 1. The van der Waals surface area contributed by atoms with Crippen molar-refractivity contribution in [3.8, 4) is 5.75 Å². The molecule has 0 saturated heterocycles. The lowest BCUT2D eigenvalue weighted by Crippen LogP contribution is -1.83. The summed E-state index contributed by atoms with van der Waals surface area (Å²) in [7, 11) is 1.66. The number of benzene rings is 1. The molecule has 0 aliphatic carbocycles. The largest absolute Gasteiger partial charge is 0.493 e. The predicted molar refractivity (Wildman–Crippen MR) is 60.2 cm³/mol. The van der Waals surface area contributed by atoms with Crippen LogP contribution in [0.2, 0.25) is 0 Å². The van der Waals surface area contributed by atoms with Crippen LogP contribution >= 0.6 is 22.6 Å². The monoisotopic (exact) mass is 288 g/mol. The molecule has 1 aromatic carbocycles. The van der Waals surface area contributed by atoms with Crippen molar-refractivity contribution in [1.82, 2.24) is 0 Å². The topological polar surface area (TPSA) is 22.4 Å². The van der Waals surface area contributed by atoms with Crippen LogP contribution in [0.15, 0.2) is 22.6 Å². The number of furan rings is 1. The van der Waals surface area contributed by atoms with Gasteiger partial charge in [0.2, 0.25) is 0 Å². The molecule has 2 rings (SSSR count). The van der Waals surface area contributed by atoms with Crippen LogP contribution in [-0.2, 0) is 0 Å². The highest BCUT2D eigenvalue weighted by Crippen LogP contribution is 2.30. The molecule has 0 bridgehead atoms. The molecule has 0 unspecified atom stereocenters. The molecular formula is C10H9IO2. The van der Waals surface area contributed by atoms with Crippen LogP contribution in [0.3, 0.4) is 0 Å². The lowest BCUT2D eigenvalue weighted by molar-refractivity contribution is 0.408. The van der Waals surface area contributed by atoms with Crippen molar-refractivity contribution in [2.24, 2.45) is 0 Å². The third kappa shape index (κ3) is 1.52. The fourth-order valence-corrected chi connectivity index (χ4v) is 1.98. The lowest BCUT2D eigenvalue weighted by atomic mass is 10.2. The van der Waals surface area contributed by atoms with Crippen LogP contribution in [-0.4, -0.2) is 7.11 Å². The molecule has 0 aliphatic rings. The Balaban J connectivity index is 2.80. The van der Waals surface area contributed by atoms with Gasteiger partial charge >= 0.3 is 0 Å². The maximum absolute atomic E-state index is 5.52. The van der Waals surface area contributed by atoms with Gasteiger partial charge in [0.25, 0.3) is 0 Å². The summed E-state index contributed by atoms with van der Waals surface area (Å²) < 4.78 is 11.9. The Morgan fingerprint density at radius 3 is 2.77 bits per heavy atom. The number of hydrogen-bond donors (Lipinski definition) is 0. The fourth-order valence-electron chi connectivity index (χ4n) is 1.37. The van der Waals surface area contributed by atoms with Gasteiger partial charge in [0, 0.05) is 8.96 Å². The molecule has 0 saturated carbocycles. The van der Waals surface area contributed by atoms with E-state index < -0.39 is 0 Å². The average Bonchev–Trinajstić information content (AvgIpc) is 2.43. The second-order valence-corrected chi connectivity index (χ2v) is 4.13. The van der Waals surface area contributed by atoms with Gasteiger partial charge in [0.05, 0.1) is 7.11 Å². The highest BCUT2D eigenvalue weighted by atomic mass is 127. The van der Waals surface area contributed by atoms with Crippen molar-refractivity contribution in [2.45, 2.75) is 6.92 Å². The van der Waals surface area contributed by atoms with Crippen molar-refractivity contribution in [2.75, 3.05) is 7.11 Å². The lowest BCUT2D eigenvalue weighted by Gasteiger charge is -2.00. The Morgan fingerprint density at radius 1 is 1.31 bits per heavy atom. The summed E-state index contributed by atoms with van der Waals surface area (Å²) in [5, 5.41) is 1.10. The highest BCUT2D eigenvalue weighted by molar-refractivity contribution is 14.1. The summed E-state index contributed by atoms with van der Waals surface area (Å²) in [4.78, 5) is 0. The zero-order valence-electron chi connectivity index (χ0n) is 7.43. The van der Waals surface area contributed by atoms with E-state index in [-0.39, 0.29) is 0 Å². The third-order valence-electron chi connectivity index (χ3n) is 1.89. The number of rotatable bonds is 1. The van der Waals surface area contributed by atoms with Crippen molar-refractivity contribution in [1.29, 1.82) is 0 Å². The predicted octanol–water partition coefficient (Wildman–Crippen LogP) is 3.35. The molecule has 0 radical (unpaired) electrons. The molecule has 2 nitrogen and oxygen atoms in total. The van der Waals surface area contributed by atoms with E-state index in [1.54, 1.807) is 7.11 Å². The van der Waals surface area contributed by atoms with E-state index in [1.165, 1.54) is 0 Å². The summed E-state index contributed by atoms with van der Waals surface area (Å²) in [5.74, 6) is 1.71. The minimum atomic E-state index is 0.801. The highest BCUT2D eigenvalue weighted by Gasteiger charge is 2.07. The average molecular weight is 288 g/mol. The van der Waals surface area contributed by atoms with Crippen LogP contribution < -0.4 is 4.74 Å². The van der Waals surface area contributed by atoms with E-state index in [0.717, 1.165) is 26.0 Å². The van der Waals surface area contributed by atoms with Crippen LogP contribution in [0.25, 0.3) is 11.0 Å². The standard InChI is InChI=1S/C10H9IO2/c1-6-3-7-4-8(11)5-9(12-2)10(7)13-6/h3-5H,1-2H3. The van der Waals surface area contributed by atoms with Gasteiger partial charge in [-0.25, -0.2) is 0 Å². The molecule has 68 valence electrons. The first-order valence-corrected chi connectivity index (χ1v) is 5.02. The molecule has 1 aromatic heterocycles. The Labute approximate surface area is 90.0 Å². The van der Waals surface area contributed by atoms with Crippen molar-refractivity contribution in [3.63, 3.8) is 0 Å². The molecule has 2 aromatic rings. The van der Waals surface area contributed by atoms with Crippen molar-refractivity contribution < 1.29 is 9.15 Å². The first kappa shape index (κ1) is 8.87. The summed E-state index contributed by atoms with van der Waals surface area (Å²) in [6.07, 6.45) is 0. The Hall–Kier alpha value is -0.710. The van der Waals surface area contributed by atoms with E-state index in [1.807, 2.05) is 19.1 Å². The second kappa shape index (κ2) is 3.21. The van der Waals surface area contributed by atoms with Crippen LogP contribution in [0.4, 0.5) is 0 Å². The van der Waals surface area contributed by atoms with E-state index in [0.29, 0.717) is 0 Å². The minimum Gasteiger partial charge on any atom is -0.493 e. The number of halogens is 1. The molecule has 0 atom stereocenters. The van der Waals surface area contributed by atoms with E-state index in [9.17, 15) is 0 Å². The van der Waals surface area contributed by atoms with Crippen molar-refractivity contribution >= 4 is 33.6 Å². The van der Waals surface area contributed by atoms with Gasteiger partial charge in [-0.1, -0.05) is 0 Å². The maximum Gasteiger partial charge on any atom is 0.176 e. The molecular weight excluding hydrogens is 279 g/mol. The fraction of sp³-hybridized carbons (Fsp3) is 0.200. The molecule has 0 fully saturated rings. The summed E-state index contributed by atoms with van der Waals surface area (Å²) in [6, 6.07) is 6.06. The van der Waals surface area contributed by atoms with E-state index >= 15 is 0 Å². The zero-order valence-corrected chi connectivity index (χ0v) is 9.58. The van der Waals surface area contributed by atoms with E-state index in [2.05, 4.69) is 28.7 Å². The van der Waals surface area contributed by atoms with E-state index in [4.69, 9.17) is 9.15 Å². The van der Waals surface area contributed by atoms with Gasteiger partial charge in [-0.15, -0.1) is 0 Å². The van der Waals surface area contributed by atoms with Gasteiger partial charge in [0.1, 0.15) is 5.76 Å². The van der Waals surface area contributed by atoms with Crippen LogP contribution in [0.5, 0.6) is 5.75 Å². The number of ether oxygens (including phenoxy) is 1. The Morgan fingerprint density at radius 2 is 2.08 bits per heavy atom. The van der Waals surface area contributed by atoms with Gasteiger partial charge < -0.3 is 9.15 Å². The van der Waals surface area contributed by atoms with Gasteiger partial charge in [-0.05, 0) is 47.7 Å². The second-order valence-electron chi connectivity index (χ2n) is 2.88. The molecule has 0 spiro atoms. The molecule has 0 amide bonds. The normalized spacial score (nSPS) is 10.7. The summed E-state index contributed by atoms with van der Waals surface area (Å²) in [6.45, 7) is 1.94. The summed E-state index contributed by atoms with van der Waals surface area (Å²) in [5.41, 5.74) is 0.834. The summed E-state index contributed by atoms with van der Waals surface area (Å²) >= 11 is 2.26. The van der Waals surface area contributed by atoms with Gasteiger partial charge in [0.15, 0.2) is 11.3 Å². The van der Waals surface area contributed by atoms with Crippen molar-refractivity contribution in [3.05, 3.63) is 27.5 Å². The maximum atomic E-state index is 5.52. The smallest absolute Gasteiger partial charge is 0.176 e. The Bertz CT molecular complexity index is 445. The first-order valence-electron chi connectivity index (χ1n) is 3.94. The first-order chi connectivity index (χ1) is 6.20. The van der Waals surface area contributed by atoms with Gasteiger partial charge in [-0.3, -0.25) is 0 Å². The van der Waals surface area contributed by atoms with Gasteiger partial charge in [-0.2, -0.15) is 0 Å².